The van der Waals surface area contributed by atoms with Crippen molar-refractivity contribution in [2.75, 3.05) is 5.32 Å². The first kappa shape index (κ1) is 17.5. The summed E-state index contributed by atoms with van der Waals surface area (Å²) < 4.78 is 5.26. The second-order valence-corrected chi connectivity index (χ2v) is 6.22. The Bertz CT molecular complexity index is 723. The molecule has 0 fully saturated rings. The molecule has 0 aliphatic carbocycles. The predicted octanol–water partition coefficient (Wildman–Crippen LogP) is 3.41. The SMILES string of the molecule is Cc1ccc(-c2ncco2)cc1NC(=O)NC(C)(C)CCC(=O)O. The number of carboxylic acids is 1. The van der Waals surface area contributed by atoms with Gasteiger partial charge in [0.25, 0.3) is 0 Å². The lowest BCUT2D eigenvalue weighted by molar-refractivity contribution is -0.137. The number of nitrogens with zero attached hydrogens (tertiary/aromatic N) is 1. The van der Waals surface area contributed by atoms with Crippen LogP contribution in [-0.4, -0.2) is 27.6 Å². The van der Waals surface area contributed by atoms with Gasteiger partial charge in [0, 0.05) is 23.2 Å². The number of aryl methyl sites for hydroxylation is 1. The topological polar surface area (TPSA) is 104 Å². The van der Waals surface area contributed by atoms with Gasteiger partial charge in [0.1, 0.15) is 6.26 Å². The number of rotatable bonds is 6. The van der Waals surface area contributed by atoms with Gasteiger partial charge in [0.05, 0.1) is 6.20 Å². The molecule has 0 spiro atoms. The molecule has 3 N–H and O–H groups in total. The summed E-state index contributed by atoms with van der Waals surface area (Å²) >= 11 is 0. The highest BCUT2D eigenvalue weighted by Crippen LogP contribution is 2.24. The van der Waals surface area contributed by atoms with E-state index in [1.165, 1.54) is 6.26 Å². The number of carbonyl (C=O) groups is 2. The van der Waals surface area contributed by atoms with E-state index in [-0.39, 0.29) is 6.42 Å². The summed E-state index contributed by atoms with van der Waals surface area (Å²) in [5, 5.41) is 14.3. The fourth-order valence-corrected chi connectivity index (χ4v) is 2.20. The van der Waals surface area contributed by atoms with Gasteiger partial charge in [0.15, 0.2) is 0 Å². The molecule has 0 bridgehead atoms. The lowest BCUT2D eigenvalue weighted by atomic mass is 9.99. The first-order chi connectivity index (χ1) is 11.3. The quantitative estimate of drug-likeness (QED) is 0.752. The highest BCUT2D eigenvalue weighted by Gasteiger charge is 2.22. The molecule has 7 heteroatoms. The minimum Gasteiger partial charge on any atom is -0.481 e. The van der Waals surface area contributed by atoms with Gasteiger partial charge in [0.2, 0.25) is 5.89 Å². The number of anilines is 1. The smallest absolute Gasteiger partial charge is 0.319 e. The Morgan fingerprint density at radius 3 is 2.71 bits per heavy atom. The predicted molar refractivity (Wildman–Crippen MR) is 89.8 cm³/mol. The van der Waals surface area contributed by atoms with Gasteiger partial charge in [-0.25, -0.2) is 9.78 Å². The van der Waals surface area contributed by atoms with Gasteiger partial charge in [-0.2, -0.15) is 0 Å². The van der Waals surface area contributed by atoms with Crippen molar-refractivity contribution in [3.8, 4) is 11.5 Å². The van der Waals surface area contributed by atoms with Gasteiger partial charge in [-0.15, -0.1) is 0 Å². The van der Waals surface area contributed by atoms with E-state index in [0.717, 1.165) is 11.1 Å². The van der Waals surface area contributed by atoms with Gasteiger partial charge in [-0.1, -0.05) is 6.07 Å². The number of aliphatic carboxylic acids is 1. The molecule has 0 radical (unpaired) electrons. The summed E-state index contributed by atoms with van der Waals surface area (Å²) in [6.07, 6.45) is 3.37. The lowest BCUT2D eigenvalue weighted by Gasteiger charge is -2.26. The van der Waals surface area contributed by atoms with Crippen molar-refractivity contribution in [3.63, 3.8) is 0 Å². The molecule has 1 aromatic heterocycles. The molecule has 2 amide bonds. The summed E-state index contributed by atoms with van der Waals surface area (Å²) in [4.78, 5) is 27.0. The van der Waals surface area contributed by atoms with E-state index in [0.29, 0.717) is 18.0 Å². The molecule has 1 heterocycles. The maximum absolute atomic E-state index is 12.2. The molecule has 24 heavy (non-hydrogen) atoms. The number of carboxylic acid groups (broad SMARTS) is 1. The van der Waals surface area contributed by atoms with Gasteiger partial charge in [-0.3, -0.25) is 4.79 Å². The Kier molecular flexibility index (Phi) is 5.23. The van der Waals surface area contributed by atoms with E-state index in [2.05, 4.69) is 15.6 Å². The summed E-state index contributed by atoms with van der Waals surface area (Å²) in [6.45, 7) is 5.45. The highest BCUT2D eigenvalue weighted by molar-refractivity contribution is 5.91. The number of carbonyl (C=O) groups excluding carboxylic acids is 1. The molecule has 1 aromatic carbocycles. The van der Waals surface area contributed by atoms with Crippen molar-refractivity contribution in [2.45, 2.75) is 39.2 Å². The van der Waals surface area contributed by atoms with E-state index in [4.69, 9.17) is 9.52 Å². The average molecular weight is 331 g/mol. The second-order valence-electron chi connectivity index (χ2n) is 6.22. The Morgan fingerprint density at radius 2 is 2.08 bits per heavy atom. The van der Waals surface area contributed by atoms with Crippen LogP contribution in [-0.2, 0) is 4.79 Å². The number of amides is 2. The first-order valence-corrected chi connectivity index (χ1v) is 7.58. The minimum atomic E-state index is -0.889. The molecule has 0 aliphatic rings. The Labute approximate surface area is 140 Å². The molecule has 2 aromatic rings. The molecule has 2 rings (SSSR count). The van der Waals surface area contributed by atoms with Crippen molar-refractivity contribution in [1.29, 1.82) is 0 Å². The molecule has 0 atom stereocenters. The number of nitrogens with one attached hydrogen (secondary N) is 2. The first-order valence-electron chi connectivity index (χ1n) is 7.58. The van der Waals surface area contributed by atoms with Crippen LogP contribution in [0.5, 0.6) is 0 Å². The standard InChI is InChI=1S/C17H21N3O4/c1-11-4-5-12(15-18-8-9-24-15)10-13(11)19-16(23)20-17(2,3)7-6-14(21)22/h4-5,8-10H,6-7H2,1-3H3,(H,21,22)(H2,19,20,23). The summed E-state index contributed by atoms with van der Waals surface area (Å²) in [6, 6.07) is 5.12. The summed E-state index contributed by atoms with van der Waals surface area (Å²) in [7, 11) is 0. The normalized spacial score (nSPS) is 11.1. The number of oxazole rings is 1. The highest BCUT2D eigenvalue weighted by atomic mass is 16.4. The van der Waals surface area contributed by atoms with Crippen LogP contribution in [0.2, 0.25) is 0 Å². The molecule has 0 aliphatic heterocycles. The molecule has 7 nitrogen and oxygen atoms in total. The maximum Gasteiger partial charge on any atom is 0.319 e. The molecular formula is C17H21N3O4. The summed E-state index contributed by atoms with van der Waals surface area (Å²) in [5.41, 5.74) is 1.66. The van der Waals surface area contributed by atoms with Crippen molar-refractivity contribution < 1.29 is 19.1 Å². The largest absolute Gasteiger partial charge is 0.481 e. The number of hydrogen-bond acceptors (Lipinski definition) is 4. The van der Waals surface area contributed by atoms with Gasteiger partial charge in [-0.05, 0) is 44.9 Å². The van der Waals surface area contributed by atoms with Crippen molar-refractivity contribution >= 4 is 17.7 Å². The van der Waals surface area contributed by atoms with Gasteiger partial charge >= 0.3 is 12.0 Å². The second kappa shape index (κ2) is 7.16. The van der Waals surface area contributed by atoms with Crippen LogP contribution >= 0.6 is 0 Å². The zero-order chi connectivity index (χ0) is 17.7. The van der Waals surface area contributed by atoms with Crippen molar-refractivity contribution in [1.82, 2.24) is 10.3 Å². The zero-order valence-corrected chi connectivity index (χ0v) is 13.9. The lowest BCUT2D eigenvalue weighted by Crippen LogP contribution is -2.45. The van der Waals surface area contributed by atoms with Crippen molar-refractivity contribution in [3.05, 3.63) is 36.2 Å². The number of aromatic nitrogens is 1. The van der Waals surface area contributed by atoms with Crippen LogP contribution in [0.25, 0.3) is 11.5 Å². The molecule has 0 saturated carbocycles. The molecule has 0 saturated heterocycles. The van der Waals surface area contributed by atoms with E-state index in [1.54, 1.807) is 26.1 Å². The van der Waals surface area contributed by atoms with Crippen LogP contribution in [0.15, 0.2) is 35.1 Å². The zero-order valence-electron chi connectivity index (χ0n) is 13.9. The van der Waals surface area contributed by atoms with Crippen LogP contribution < -0.4 is 10.6 Å². The maximum atomic E-state index is 12.2. The Morgan fingerprint density at radius 1 is 1.33 bits per heavy atom. The fraction of sp³-hybridized carbons (Fsp3) is 0.353. The van der Waals surface area contributed by atoms with Crippen LogP contribution in [0, 0.1) is 6.92 Å². The minimum absolute atomic E-state index is 0.00798. The van der Waals surface area contributed by atoms with Gasteiger partial charge < -0.3 is 20.2 Å². The van der Waals surface area contributed by atoms with Crippen LogP contribution in [0.3, 0.4) is 0 Å². The Balaban J connectivity index is 2.06. The van der Waals surface area contributed by atoms with E-state index in [1.807, 2.05) is 19.1 Å². The third kappa shape index (κ3) is 4.84. The Hall–Kier alpha value is -2.83. The third-order valence-electron chi connectivity index (χ3n) is 3.58. The molecule has 0 unspecified atom stereocenters. The third-order valence-corrected chi connectivity index (χ3v) is 3.58. The average Bonchev–Trinajstić information content (AvgIpc) is 3.01. The number of hydrogen-bond donors (Lipinski definition) is 3. The van der Waals surface area contributed by atoms with Crippen molar-refractivity contribution in [2.24, 2.45) is 0 Å². The van der Waals surface area contributed by atoms with E-state index < -0.39 is 17.5 Å². The summed E-state index contributed by atoms with van der Waals surface area (Å²) in [5.74, 6) is -0.417. The number of benzene rings is 1. The monoisotopic (exact) mass is 331 g/mol. The number of urea groups is 1. The molecular weight excluding hydrogens is 310 g/mol. The van der Waals surface area contributed by atoms with Crippen LogP contribution in [0.1, 0.15) is 32.3 Å². The van der Waals surface area contributed by atoms with Crippen LogP contribution in [0.4, 0.5) is 10.5 Å². The van der Waals surface area contributed by atoms with E-state index >= 15 is 0 Å². The fourth-order valence-electron chi connectivity index (χ4n) is 2.20. The molecule has 128 valence electrons. The van der Waals surface area contributed by atoms with E-state index in [9.17, 15) is 9.59 Å².